The summed E-state index contributed by atoms with van der Waals surface area (Å²) >= 11 is 0. The highest BCUT2D eigenvalue weighted by atomic mass is 16.3. The van der Waals surface area contributed by atoms with Gasteiger partial charge in [-0.3, -0.25) is 4.79 Å². The van der Waals surface area contributed by atoms with Gasteiger partial charge in [0.05, 0.1) is 18.8 Å². The molecule has 0 aromatic rings. The van der Waals surface area contributed by atoms with E-state index in [4.69, 9.17) is 0 Å². The zero-order valence-electron chi connectivity index (χ0n) is 26.8. The largest absolute Gasteiger partial charge is 0.394 e. The fraction of sp³-hybridized carbons (Fsp3) is 0.703. The van der Waals surface area contributed by atoms with Crippen LogP contribution in [0.2, 0.25) is 0 Å². The van der Waals surface area contributed by atoms with Crippen LogP contribution in [0.4, 0.5) is 0 Å². The van der Waals surface area contributed by atoms with E-state index >= 15 is 0 Å². The maximum absolute atomic E-state index is 12.2. The first-order valence-electron chi connectivity index (χ1n) is 17.0. The molecule has 4 heteroatoms. The van der Waals surface area contributed by atoms with E-state index in [1.807, 2.05) is 12.2 Å². The van der Waals surface area contributed by atoms with Crippen molar-refractivity contribution in [3.63, 3.8) is 0 Å². The molecule has 0 heterocycles. The molecule has 0 aliphatic carbocycles. The second-order valence-corrected chi connectivity index (χ2v) is 11.2. The van der Waals surface area contributed by atoms with Crippen molar-refractivity contribution in [3.8, 4) is 0 Å². The van der Waals surface area contributed by atoms with Crippen molar-refractivity contribution < 1.29 is 15.0 Å². The van der Waals surface area contributed by atoms with Crippen molar-refractivity contribution in [3.05, 3.63) is 60.8 Å². The third-order valence-corrected chi connectivity index (χ3v) is 7.27. The third-order valence-electron chi connectivity index (χ3n) is 7.27. The monoisotopic (exact) mass is 571 g/mol. The molecule has 0 spiro atoms. The van der Waals surface area contributed by atoms with Crippen LogP contribution in [0.3, 0.4) is 0 Å². The Morgan fingerprint density at radius 3 is 1.56 bits per heavy atom. The van der Waals surface area contributed by atoms with Crippen LogP contribution >= 0.6 is 0 Å². The molecule has 0 bridgehead atoms. The van der Waals surface area contributed by atoms with Crippen LogP contribution in [0.1, 0.15) is 149 Å². The molecule has 0 aliphatic heterocycles. The van der Waals surface area contributed by atoms with Gasteiger partial charge in [-0.05, 0) is 44.9 Å². The van der Waals surface area contributed by atoms with Crippen LogP contribution in [0.5, 0.6) is 0 Å². The lowest BCUT2D eigenvalue weighted by Crippen LogP contribution is -2.45. The third kappa shape index (κ3) is 29.4. The summed E-state index contributed by atoms with van der Waals surface area (Å²) < 4.78 is 0. The van der Waals surface area contributed by atoms with E-state index in [9.17, 15) is 15.0 Å². The summed E-state index contributed by atoms with van der Waals surface area (Å²) in [7, 11) is 0. The first-order chi connectivity index (χ1) is 20.2. The Hall–Kier alpha value is -1.91. The van der Waals surface area contributed by atoms with Gasteiger partial charge in [-0.25, -0.2) is 0 Å². The van der Waals surface area contributed by atoms with Gasteiger partial charge in [0, 0.05) is 6.42 Å². The standard InChI is InChI=1S/C37H65NO3/c1-3-5-7-9-11-13-15-17-18-19-21-22-24-26-28-30-32-36(40)35(34-39)38-37(41)33-31-29-27-25-23-20-16-14-12-10-8-6-4-2/h6,8,12,14,20,23,27,29-30,32,35-36,39-40H,3-5,7,9-11,13,15-19,21-22,24-26,28,31,33-34H2,1-2H3,(H,38,41)/b8-6-,14-12-,23-20-,29-27-,32-30+. The fourth-order valence-corrected chi connectivity index (χ4v) is 4.66. The van der Waals surface area contributed by atoms with Gasteiger partial charge < -0.3 is 15.5 Å². The number of hydrogen-bond acceptors (Lipinski definition) is 3. The molecule has 41 heavy (non-hydrogen) atoms. The van der Waals surface area contributed by atoms with E-state index in [-0.39, 0.29) is 12.5 Å². The highest BCUT2D eigenvalue weighted by Crippen LogP contribution is 2.13. The molecule has 0 fully saturated rings. The van der Waals surface area contributed by atoms with Gasteiger partial charge in [-0.1, -0.05) is 158 Å². The van der Waals surface area contributed by atoms with Crippen molar-refractivity contribution >= 4 is 5.91 Å². The number of hydrogen-bond donors (Lipinski definition) is 3. The normalized spacial score (nSPS) is 14.0. The Labute approximate surface area is 254 Å². The smallest absolute Gasteiger partial charge is 0.220 e. The second-order valence-electron chi connectivity index (χ2n) is 11.2. The van der Waals surface area contributed by atoms with Gasteiger partial charge in [0.15, 0.2) is 0 Å². The summed E-state index contributed by atoms with van der Waals surface area (Å²) in [5.74, 6) is -0.147. The van der Waals surface area contributed by atoms with Crippen molar-refractivity contribution in [1.82, 2.24) is 5.32 Å². The molecule has 0 radical (unpaired) electrons. The lowest BCUT2D eigenvalue weighted by atomic mass is 10.0. The van der Waals surface area contributed by atoms with Crippen LogP contribution in [0.15, 0.2) is 60.8 Å². The summed E-state index contributed by atoms with van der Waals surface area (Å²) in [6.07, 6.45) is 44.5. The first kappa shape index (κ1) is 39.1. The predicted octanol–water partition coefficient (Wildman–Crippen LogP) is 9.84. The molecule has 0 aromatic carbocycles. The SMILES string of the molecule is CC/C=C\C/C=C\C/C=C\C/C=C\CCC(=O)NC(CO)C(O)/C=C/CCCCCCCCCCCCCCCC. The number of rotatable bonds is 29. The second kappa shape index (κ2) is 32.6. The molecule has 0 rings (SSSR count). The lowest BCUT2D eigenvalue weighted by Gasteiger charge is -2.19. The Bertz CT molecular complexity index is 707. The van der Waals surface area contributed by atoms with Crippen LogP contribution in [-0.2, 0) is 4.79 Å². The maximum Gasteiger partial charge on any atom is 0.220 e. The molecule has 2 unspecified atom stereocenters. The van der Waals surface area contributed by atoms with E-state index in [2.05, 4.69) is 61.7 Å². The average molecular weight is 572 g/mol. The van der Waals surface area contributed by atoms with Gasteiger partial charge >= 0.3 is 0 Å². The van der Waals surface area contributed by atoms with Crippen LogP contribution in [0.25, 0.3) is 0 Å². The van der Waals surface area contributed by atoms with Crippen molar-refractivity contribution in [2.75, 3.05) is 6.61 Å². The van der Waals surface area contributed by atoms with E-state index < -0.39 is 12.1 Å². The quantitative estimate of drug-likeness (QED) is 0.0618. The van der Waals surface area contributed by atoms with Gasteiger partial charge in [0.2, 0.25) is 5.91 Å². The van der Waals surface area contributed by atoms with Crippen molar-refractivity contribution in [2.24, 2.45) is 0 Å². The minimum absolute atomic E-state index is 0.147. The number of amides is 1. The number of carbonyl (C=O) groups is 1. The zero-order valence-corrected chi connectivity index (χ0v) is 26.8. The minimum atomic E-state index is -0.868. The molecule has 2 atom stereocenters. The average Bonchev–Trinajstić information content (AvgIpc) is 2.97. The summed E-state index contributed by atoms with van der Waals surface area (Å²) in [4.78, 5) is 12.2. The molecule has 4 nitrogen and oxygen atoms in total. The first-order valence-corrected chi connectivity index (χ1v) is 17.0. The van der Waals surface area contributed by atoms with E-state index in [1.54, 1.807) is 6.08 Å². The van der Waals surface area contributed by atoms with E-state index in [1.165, 1.54) is 83.5 Å². The number of aliphatic hydroxyl groups excluding tert-OH is 2. The fourth-order valence-electron chi connectivity index (χ4n) is 4.66. The topological polar surface area (TPSA) is 69.6 Å². The lowest BCUT2D eigenvalue weighted by molar-refractivity contribution is -0.122. The zero-order chi connectivity index (χ0) is 30.1. The van der Waals surface area contributed by atoms with Gasteiger partial charge in [-0.15, -0.1) is 0 Å². The van der Waals surface area contributed by atoms with Gasteiger partial charge in [-0.2, -0.15) is 0 Å². The number of carbonyl (C=O) groups excluding carboxylic acids is 1. The molecular formula is C37H65NO3. The highest BCUT2D eigenvalue weighted by Gasteiger charge is 2.17. The number of allylic oxidation sites excluding steroid dienone is 9. The summed E-state index contributed by atoms with van der Waals surface area (Å²) in [5.41, 5.74) is 0. The van der Waals surface area contributed by atoms with Crippen LogP contribution < -0.4 is 5.32 Å². The highest BCUT2D eigenvalue weighted by molar-refractivity contribution is 5.76. The molecule has 1 amide bonds. The molecular weight excluding hydrogens is 506 g/mol. The van der Waals surface area contributed by atoms with E-state index in [0.717, 1.165) is 38.5 Å². The molecule has 236 valence electrons. The van der Waals surface area contributed by atoms with Gasteiger partial charge in [0.25, 0.3) is 0 Å². The minimum Gasteiger partial charge on any atom is -0.394 e. The summed E-state index contributed by atoms with van der Waals surface area (Å²) in [6.45, 7) is 4.13. The Kier molecular flexibility index (Phi) is 31.1. The molecule has 0 saturated heterocycles. The number of nitrogens with one attached hydrogen (secondary N) is 1. The van der Waals surface area contributed by atoms with Crippen molar-refractivity contribution in [2.45, 2.75) is 161 Å². The molecule has 0 aromatic heterocycles. The number of aliphatic hydroxyl groups is 2. The van der Waals surface area contributed by atoms with E-state index in [0.29, 0.717) is 12.8 Å². The predicted molar refractivity (Wildman–Crippen MR) is 179 cm³/mol. The van der Waals surface area contributed by atoms with Gasteiger partial charge in [0.1, 0.15) is 0 Å². The maximum atomic E-state index is 12.2. The van der Waals surface area contributed by atoms with Crippen LogP contribution in [0, 0.1) is 0 Å². The summed E-state index contributed by atoms with van der Waals surface area (Å²) in [5, 5.41) is 22.8. The number of unbranched alkanes of at least 4 members (excludes halogenated alkanes) is 14. The Morgan fingerprint density at radius 1 is 0.610 bits per heavy atom. The Balaban J connectivity index is 3.77. The van der Waals surface area contributed by atoms with Crippen LogP contribution in [-0.4, -0.2) is 34.9 Å². The summed E-state index contributed by atoms with van der Waals surface area (Å²) in [6, 6.07) is -0.660. The Morgan fingerprint density at radius 2 is 1.07 bits per heavy atom. The van der Waals surface area contributed by atoms with Crippen molar-refractivity contribution in [1.29, 1.82) is 0 Å². The molecule has 3 N–H and O–H groups in total. The molecule has 0 aliphatic rings. The molecule has 0 saturated carbocycles.